The maximum absolute atomic E-state index is 5.80. The van der Waals surface area contributed by atoms with Crippen LogP contribution in [-0.4, -0.2) is 49.4 Å². The van der Waals surface area contributed by atoms with Crippen LogP contribution >= 0.6 is 0 Å². The molecule has 3 heterocycles. The first-order chi connectivity index (χ1) is 9.83. The van der Waals surface area contributed by atoms with E-state index in [9.17, 15) is 0 Å². The van der Waals surface area contributed by atoms with E-state index < -0.39 is 0 Å². The average Bonchev–Trinajstić information content (AvgIpc) is 3.03. The topological polar surface area (TPSA) is 41.5 Å². The lowest BCUT2D eigenvalue weighted by atomic mass is 10.1. The third kappa shape index (κ3) is 3.20. The molecule has 2 fully saturated rings. The maximum Gasteiger partial charge on any atom is 0.134 e. The first-order valence-corrected chi connectivity index (χ1v) is 7.72. The molecule has 1 unspecified atom stereocenters. The molecule has 20 heavy (non-hydrogen) atoms. The minimum atomic E-state index is 0.346. The fourth-order valence-corrected chi connectivity index (χ4v) is 3.02. The lowest BCUT2D eigenvalue weighted by Gasteiger charge is -2.28. The van der Waals surface area contributed by atoms with Gasteiger partial charge in [-0.1, -0.05) is 0 Å². The van der Waals surface area contributed by atoms with Crippen molar-refractivity contribution in [2.75, 3.05) is 43.1 Å². The summed E-state index contributed by atoms with van der Waals surface area (Å²) in [5.41, 5.74) is 0. The Labute approximate surface area is 121 Å². The molecule has 0 amide bonds. The van der Waals surface area contributed by atoms with E-state index >= 15 is 0 Å². The summed E-state index contributed by atoms with van der Waals surface area (Å²) < 4.78 is 5.80. The van der Waals surface area contributed by atoms with Gasteiger partial charge < -0.3 is 14.5 Å². The van der Waals surface area contributed by atoms with Gasteiger partial charge in [-0.15, -0.1) is 0 Å². The second kappa shape index (κ2) is 6.39. The summed E-state index contributed by atoms with van der Waals surface area (Å²) in [5, 5.41) is 0. The summed E-state index contributed by atoms with van der Waals surface area (Å²) >= 11 is 0. The Bertz CT molecular complexity index is 428. The highest BCUT2D eigenvalue weighted by Gasteiger charge is 2.18. The molecule has 0 bridgehead atoms. The molecule has 5 heteroatoms. The summed E-state index contributed by atoms with van der Waals surface area (Å²) in [4.78, 5) is 13.4. The largest absolute Gasteiger partial charge is 0.376 e. The van der Waals surface area contributed by atoms with Crippen molar-refractivity contribution in [1.29, 1.82) is 0 Å². The Morgan fingerprint density at radius 3 is 2.85 bits per heavy atom. The standard InChI is InChI=1S/C15H24N4O/c1-18(11-13-6-2-5-9-20-13)14-10-15(17-12-16-14)19-7-3-4-8-19/h10,12-13H,2-9,11H2,1H3. The van der Waals surface area contributed by atoms with E-state index in [1.54, 1.807) is 6.33 Å². The zero-order valence-corrected chi connectivity index (χ0v) is 12.3. The van der Waals surface area contributed by atoms with Crippen molar-refractivity contribution in [3.05, 3.63) is 12.4 Å². The van der Waals surface area contributed by atoms with Crippen LogP contribution in [-0.2, 0) is 4.74 Å². The second-order valence-electron chi connectivity index (χ2n) is 5.80. The SMILES string of the molecule is CN(CC1CCCCO1)c1cc(N2CCCC2)ncn1. The van der Waals surface area contributed by atoms with Gasteiger partial charge in [-0.2, -0.15) is 0 Å². The predicted octanol–water partition coefficient (Wildman–Crippen LogP) is 2.08. The highest BCUT2D eigenvalue weighted by atomic mass is 16.5. The average molecular weight is 276 g/mol. The van der Waals surface area contributed by atoms with E-state index in [4.69, 9.17) is 4.74 Å². The number of hydrogen-bond donors (Lipinski definition) is 0. The fourth-order valence-electron chi connectivity index (χ4n) is 3.02. The monoisotopic (exact) mass is 276 g/mol. The van der Waals surface area contributed by atoms with Crippen molar-refractivity contribution >= 4 is 11.6 Å². The van der Waals surface area contributed by atoms with E-state index in [2.05, 4.69) is 32.9 Å². The van der Waals surface area contributed by atoms with Crippen molar-refractivity contribution in [1.82, 2.24) is 9.97 Å². The van der Waals surface area contributed by atoms with Gasteiger partial charge in [-0.05, 0) is 32.1 Å². The Morgan fingerprint density at radius 2 is 2.10 bits per heavy atom. The smallest absolute Gasteiger partial charge is 0.134 e. The number of likely N-dealkylation sites (N-methyl/N-ethyl adjacent to an activating group) is 1. The van der Waals surface area contributed by atoms with Gasteiger partial charge in [-0.25, -0.2) is 9.97 Å². The molecule has 0 N–H and O–H groups in total. The van der Waals surface area contributed by atoms with Gasteiger partial charge >= 0.3 is 0 Å². The molecule has 1 aromatic rings. The lowest BCUT2D eigenvalue weighted by molar-refractivity contribution is 0.0215. The molecule has 5 nitrogen and oxygen atoms in total. The number of ether oxygens (including phenoxy) is 1. The third-order valence-electron chi connectivity index (χ3n) is 4.21. The summed E-state index contributed by atoms with van der Waals surface area (Å²) in [6, 6.07) is 2.11. The van der Waals surface area contributed by atoms with Crippen molar-refractivity contribution < 1.29 is 4.74 Å². The number of rotatable bonds is 4. The summed E-state index contributed by atoms with van der Waals surface area (Å²) in [6.07, 6.45) is 8.21. The molecule has 1 aromatic heterocycles. The van der Waals surface area contributed by atoms with Crippen LogP contribution in [0.25, 0.3) is 0 Å². The summed E-state index contributed by atoms with van der Waals surface area (Å²) in [5.74, 6) is 2.06. The minimum Gasteiger partial charge on any atom is -0.376 e. The van der Waals surface area contributed by atoms with Crippen LogP contribution in [0.1, 0.15) is 32.1 Å². The molecular weight excluding hydrogens is 252 g/mol. The Hall–Kier alpha value is -1.36. The molecule has 2 aliphatic rings. The van der Waals surface area contributed by atoms with Gasteiger partial charge in [0.15, 0.2) is 0 Å². The molecule has 2 saturated heterocycles. The van der Waals surface area contributed by atoms with Crippen LogP contribution < -0.4 is 9.80 Å². The first kappa shape index (κ1) is 13.6. The predicted molar refractivity (Wildman–Crippen MR) is 80.3 cm³/mol. The Morgan fingerprint density at radius 1 is 1.25 bits per heavy atom. The van der Waals surface area contributed by atoms with E-state index in [0.717, 1.165) is 44.3 Å². The third-order valence-corrected chi connectivity index (χ3v) is 4.21. The number of nitrogens with zero attached hydrogens (tertiary/aromatic N) is 4. The molecule has 110 valence electrons. The number of anilines is 2. The van der Waals surface area contributed by atoms with Crippen LogP contribution in [0.2, 0.25) is 0 Å². The van der Waals surface area contributed by atoms with Gasteiger partial charge in [0.2, 0.25) is 0 Å². The molecule has 0 spiro atoms. The zero-order valence-electron chi connectivity index (χ0n) is 12.3. The van der Waals surface area contributed by atoms with Gasteiger partial charge in [-0.3, -0.25) is 0 Å². The second-order valence-corrected chi connectivity index (χ2v) is 5.80. The highest BCUT2D eigenvalue weighted by molar-refractivity contribution is 5.50. The van der Waals surface area contributed by atoms with Crippen LogP contribution in [0.15, 0.2) is 12.4 Å². The fraction of sp³-hybridized carbons (Fsp3) is 0.733. The lowest BCUT2D eigenvalue weighted by Crippen LogP contribution is -2.34. The number of hydrogen-bond acceptors (Lipinski definition) is 5. The molecule has 1 atom stereocenters. The van der Waals surface area contributed by atoms with Crippen molar-refractivity contribution in [2.45, 2.75) is 38.2 Å². The van der Waals surface area contributed by atoms with E-state index in [1.807, 2.05) is 0 Å². The summed E-state index contributed by atoms with van der Waals surface area (Å²) in [7, 11) is 2.09. The van der Waals surface area contributed by atoms with Crippen LogP contribution in [0, 0.1) is 0 Å². The van der Waals surface area contributed by atoms with Gasteiger partial charge in [0.05, 0.1) is 6.10 Å². The van der Waals surface area contributed by atoms with Crippen LogP contribution in [0.3, 0.4) is 0 Å². The molecule has 0 aromatic carbocycles. The van der Waals surface area contributed by atoms with Crippen molar-refractivity contribution in [3.8, 4) is 0 Å². The van der Waals surface area contributed by atoms with E-state index in [-0.39, 0.29) is 0 Å². The van der Waals surface area contributed by atoms with Crippen molar-refractivity contribution in [2.24, 2.45) is 0 Å². The molecule has 3 rings (SSSR count). The molecule has 0 radical (unpaired) electrons. The summed E-state index contributed by atoms with van der Waals surface area (Å²) in [6.45, 7) is 4.05. The Balaban J connectivity index is 1.64. The minimum absolute atomic E-state index is 0.346. The maximum atomic E-state index is 5.80. The van der Waals surface area contributed by atoms with E-state index in [1.165, 1.54) is 25.7 Å². The zero-order chi connectivity index (χ0) is 13.8. The molecule has 2 aliphatic heterocycles. The Kier molecular flexibility index (Phi) is 4.35. The first-order valence-electron chi connectivity index (χ1n) is 7.72. The number of aromatic nitrogens is 2. The van der Waals surface area contributed by atoms with Crippen LogP contribution in [0.5, 0.6) is 0 Å². The van der Waals surface area contributed by atoms with Crippen LogP contribution in [0.4, 0.5) is 11.6 Å². The van der Waals surface area contributed by atoms with Gasteiger partial charge in [0.1, 0.15) is 18.0 Å². The normalized spacial score (nSPS) is 23.1. The molecule has 0 saturated carbocycles. The molecule has 0 aliphatic carbocycles. The van der Waals surface area contributed by atoms with Gasteiger partial charge in [0.25, 0.3) is 0 Å². The molecular formula is C15H24N4O. The quantitative estimate of drug-likeness (QED) is 0.842. The van der Waals surface area contributed by atoms with E-state index in [0.29, 0.717) is 6.10 Å². The van der Waals surface area contributed by atoms with Gasteiger partial charge in [0, 0.05) is 39.4 Å². The highest BCUT2D eigenvalue weighted by Crippen LogP contribution is 2.22. The van der Waals surface area contributed by atoms with Crippen molar-refractivity contribution in [3.63, 3.8) is 0 Å².